The summed E-state index contributed by atoms with van der Waals surface area (Å²) in [6.45, 7) is 0. The monoisotopic (exact) mass is 263 g/mol. The first-order valence-electron chi connectivity index (χ1n) is 4.41. The average molecular weight is 264 g/mol. The van der Waals surface area contributed by atoms with E-state index >= 15 is 0 Å². The Kier molecular flexibility index (Phi) is 2.97. The molecule has 1 aromatic heterocycles. The summed E-state index contributed by atoms with van der Waals surface area (Å²) < 4.78 is 44.4. The molecule has 1 aromatic carbocycles. The van der Waals surface area contributed by atoms with E-state index in [0.717, 1.165) is 0 Å². The molecule has 0 aliphatic heterocycles. The highest BCUT2D eigenvalue weighted by Gasteiger charge is 2.30. The molecule has 2 rings (SSSR count). The number of oxazole rings is 1. The SMILES string of the molecule is FC(F)(F)Oc1ccc(-c2cnc(Cl)o2)cc1. The van der Waals surface area contributed by atoms with Crippen LogP contribution >= 0.6 is 11.6 Å². The van der Waals surface area contributed by atoms with Gasteiger partial charge in [-0.1, -0.05) is 0 Å². The van der Waals surface area contributed by atoms with Crippen LogP contribution in [0.3, 0.4) is 0 Å². The lowest BCUT2D eigenvalue weighted by Crippen LogP contribution is -2.16. The van der Waals surface area contributed by atoms with Gasteiger partial charge in [0.05, 0.1) is 6.20 Å². The summed E-state index contributed by atoms with van der Waals surface area (Å²) in [4.78, 5) is 3.66. The van der Waals surface area contributed by atoms with Crippen LogP contribution in [0.1, 0.15) is 0 Å². The molecule has 0 atom stereocenters. The van der Waals surface area contributed by atoms with Crippen molar-refractivity contribution in [1.82, 2.24) is 4.98 Å². The minimum absolute atomic E-state index is 0.0318. The Hall–Kier alpha value is -1.69. The number of nitrogens with zero attached hydrogens (tertiary/aromatic N) is 1. The minimum Gasteiger partial charge on any atom is -0.428 e. The van der Waals surface area contributed by atoms with Crippen molar-refractivity contribution < 1.29 is 22.3 Å². The van der Waals surface area contributed by atoms with Crippen LogP contribution in [0.25, 0.3) is 11.3 Å². The second kappa shape index (κ2) is 4.29. The maximum absolute atomic E-state index is 11.9. The van der Waals surface area contributed by atoms with Gasteiger partial charge in [0.2, 0.25) is 0 Å². The fourth-order valence-electron chi connectivity index (χ4n) is 1.21. The maximum Gasteiger partial charge on any atom is 0.573 e. The Labute approximate surface area is 98.8 Å². The predicted molar refractivity (Wildman–Crippen MR) is 53.6 cm³/mol. The van der Waals surface area contributed by atoms with Crippen molar-refractivity contribution >= 4 is 11.6 Å². The van der Waals surface area contributed by atoms with E-state index in [1.807, 2.05) is 0 Å². The molecule has 7 heteroatoms. The van der Waals surface area contributed by atoms with Crippen LogP contribution in [-0.2, 0) is 0 Å². The molecule has 0 aliphatic carbocycles. The number of alkyl halides is 3. The summed E-state index contributed by atoms with van der Waals surface area (Å²) >= 11 is 5.48. The first-order valence-corrected chi connectivity index (χ1v) is 4.79. The van der Waals surface area contributed by atoms with Crippen molar-refractivity contribution in [2.24, 2.45) is 0 Å². The van der Waals surface area contributed by atoms with Gasteiger partial charge in [0.1, 0.15) is 5.75 Å². The molecular weight excluding hydrogens is 259 g/mol. The van der Waals surface area contributed by atoms with Gasteiger partial charge >= 0.3 is 6.36 Å². The van der Waals surface area contributed by atoms with Crippen molar-refractivity contribution in [2.45, 2.75) is 6.36 Å². The zero-order chi connectivity index (χ0) is 12.5. The number of hydrogen-bond acceptors (Lipinski definition) is 3. The van der Waals surface area contributed by atoms with Gasteiger partial charge < -0.3 is 9.15 Å². The van der Waals surface area contributed by atoms with Crippen LogP contribution in [0.5, 0.6) is 5.75 Å². The minimum atomic E-state index is -4.70. The lowest BCUT2D eigenvalue weighted by atomic mass is 10.2. The lowest BCUT2D eigenvalue weighted by Gasteiger charge is -2.08. The molecule has 0 bridgehead atoms. The summed E-state index contributed by atoms with van der Waals surface area (Å²) in [5, 5.41) is -0.0318. The fraction of sp³-hybridized carbons (Fsp3) is 0.100. The van der Waals surface area contributed by atoms with Gasteiger partial charge in [0.15, 0.2) is 5.76 Å². The zero-order valence-corrected chi connectivity index (χ0v) is 8.92. The summed E-state index contributed by atoms with van der Waals surface area (Å²) in [6.07, 6.45) is -3.32. The van der Waals surface area contributed by atoms with Gasteiger partial charge in [-0.2, -0.15) is 0 Å². The van der Waals surface area contributed by atoms with Gasteiger partial charge in [0.25, 0.3) is 5.35 Å². The molecule has 0 N–H and O–H groups in total. The summed E-state index contributed by atoms with van der Waals surface area (Å²) in [5.41, 5.74) is 0.555. The molecule has 0 unspecified atom stereocenters. The Morgan fingerprint density at radius 3 is 2.29 bits per heavy atom. The van der Waals surface area contributed by atoms with Crippen molar-refractivity contribution in [3.63, 3.8) is 0 Å². The van der Waals surface area contributed by atoms with Crippen molar-refractivity contribution in [1.29, 1.82) is 0 Å². The second-order valence-electron chi connectivity index (χ2n) is 3.05. The number of ether oxygens (including phenoxy) is 1. The molecule has 0 spiro atoms. The molecule has 0 saturated heterocycles. The van der Waals surface area contributed by atoms with Crippen LogP contribution in [0, 0.1) is 0 Å². The van der Waals surface area contributed by atoms with Crippen LogP contribution in [0.15, 0.2) is 34.9 Å². The Balaban J connectivity index is 2.19. The molecule has 0 aliphatic rings. The molecule has 0 fully saturated rings. The Morgan fingerprint density at radius 2 is 1.82 bits per heavy atom. The van der Waals surface area contributed by atoms with Crippen molar-refractivity contribution in [3.05, 3.63) is 35.8 Å². The topological polar surface area (TPSA) is 35.3 Å². The summed E-state index contributed by atoms with van der Waals surface area (Å²) in [6, 6.07) is 5.19. The standard InChI is InChI=1S/C10H5ClF3NO2/c11-9-15-5-8(16-9)6-1-3-7(4-2-6)17-10(12,13)14/h1-5H. The number of rotatable bonds is 2. The van der Waals surface area contributed by atoms with Gasteiger partial charge in [-0.15, -0.1) is 13.2 Å². The van der Waals surface area contributed by atoms with E-state index in [9.17, 15) is 13.2 Å². The quantitative estimate of drug-likeness (QED) is 0.824. The number of aromatic nitrogens is 1. The lowest BCUT2D eigenvalue weighted by molar-refractivity contribution is -0.274. The zero-order valence-electron chi connectivity index (χ0n) is 8.16. The third-order valence-corrected chi connectivity index (χ3v) is 2.02. The highest BCUT2D eigenvalue weighted by Crippen LogP contribution is 2.27. The van der Waals surface area contributed by atoms with E-state index in [1.165, 1.54) is 30.5 Å². The smallest absolute Gasteiger partial charge is 0.428 e. The van der Waals surface area contributed by atoms with E-state index in [1.54, 1.807) is 0 Å². The molecule has 17 heavy (non-hydrogen) atoms. The molecule has 2 aromatic rings. The maximum atomic E-state index is 11.9. The first-order chi connectivity index (χ1) is 7.94. The highest BCUT2D eigenvalue weighted by molar-refractivity contribution is 6.27. The van der Waals surface area contributed by atoms with E-state index in [-0.39, 0.29) is 11.1 Å². The van der Waals surface area contributed by atoms with Crippen molar-refractivity contribution in [2.75, 3.05) is 0 Å². The molecule has 3 nitrogen and oxygen atoms in total. The number of benzene rings is 1. The summed E-state index contributed by atoms with van der Waals surface area (Å²) in [7, 11) is 0. The van der Waals surface area contributed by atoms with E-state index in [4.69, 9.17) is 16.0 Å². The van der Waals surface area contributed by atoms with Gasteiger partial charge in [0, 0.05) is 5.56 Å². The fourth-order valence-corrected chi connectivity index (χ4v) is 1.34. The predicted octanol–water partition coefficient (Wildman–Crippen LogP) is 3.89. The Morgan fingerprint density at radius 1 is 1.18 bits per heavy atom. The molecule has 0 saturated carbocycles. The van der Waals surface area contributed by atoms with Crippen LogP contribution in [0.4, 0.5) is 13.2 Å². The van der Waals surface area contributed by atoms with Gasteiger partial charge in [-0.05, 0) is 35.9 Å². The van der Waals surface area contributed by atoms with E-state index in [2.05, 4.69) is 9.72 Å². The average Bonchev–Trinajstić information content (AvgIpc) is 2.63. The van der Waals surface area contributed by atoms with Gasteiger partial charge in [-0.3, -0.25) is 0 Å². The number of halogens is 4. The Bertz CT molecular complexity index is 507. The molecule has 90 valence electrons. The second-order valence-corrected chi connectivity index (χ2v) is 3.37. The number of hydrogen-bond donors (Lipinski definition) is 0. The summed E-state index contributed by atoms with van der Waals surface area (Å²) in [5.74, 6) is 0.0698. The first kappa shape index (κ1) is 11.8. The molecule has 0 amide bonds. The highest BCUT2D eigenvalue weighted by atomic mass is 35.5. The van der Waals surface area contributed by atoms with Crippen LogP contribution in [-0.4, -0.2) is 11.3 Å². The molecular formula is C10H5ClF3NO2. The normalized spacial score (nSPS) is 11.5. The third kappa shape index (κ3) is 3.13. The molecule has 1 heterocycles. The van der Waals surface area contributed by atoms with E-state index < -0.39 is 6.36 Å². The largest absolute Gasteiger partial charge is 0.573 e. The van der Waals surface area contributed by atoms with Crippen molar-refractivity contribution in [3.8, 4) is 17.1 Å². The van der Waals surface area contributed by atoms with Gasteiger partial charge in [-0.25, -0.2) is 4.98 Å². The van der Waals surface area contributed by atoms with Crippen LogP contribution < -0.4 is 4.74 Å². The molecule has 0 radical (unpaired) electrons. The van der Waals surface area contributed by atoms with Crippen LogP contribution in [0.2, 0.25) is 5.35 Å². The third-order valence-electron chi connectivity index (χ3n) is 1.85. The van der Waals surface area contributed by atoms with E-state index in [0.29, 0.717) is 11.3 Å².